The van der Waals surface area contributed by atoms with Gasteiger partial charge in [-0.25, -0.2) is 0 Å². The summed E-state index contributed by atoms with van der Waals surface area (Å²) in [7, 11) is 0. The third-order valence-electron chi connectivity index (χ3n) is 3.58. The Labute approximate surface area is 105 Å². The summed E-state index contributed by atoms with van der Waals surface area (Å²) >= 11 is 5.38. The second-order valence-corrected chi connectivity index (χ2v) is 5.08. The van der Waals surface area contributed by atoms with Gasteiger partial charge in [-0.3, -0.25) is 0 Å². The second kappa shape index (κ2) is 3.71. The maximum Gasteiger partial charge on any atom is 0.178 e. The van der Waals surface area contributed by atoms with Crippen LogP contribution in [0.1, 0.15) is 31.4 Å². The Morgan fingerprint density at radius 1 is 1.53 bits per heavy atom. The van der Waals surface area contributed by atoms with Crippen LogP contribution in [0.2, 0.25) is 0 Å². The van der Waals surface area contributed by atoms with Crippen LogP contribution in [-0.2, 0) is 0 Å². The van der Waals surface area contributed by atoms with Crippen molar-refractivity contribution in [2.24, 2.45) is 5.92 Å². The smallest absolute Gasteiger partial charge is 0.178 e. The Morgan fingerprint density at radius 3 is 2.94 bits per heavy atom. The number of para-hydroxylation sites is 1. The molecule has 1 aliphatic carbocycles. The first kappa shape index (κ1) is 10.5. The highest BCUT2D eigenvalue weighted by atomic mass is 32.1. The number of nitriles is 1. The molecule has 1 heterocycles. The summed E-state index contributed by atoms with van der Waals surface area (Å²) in [5, 5.41) is 9.08. The number of aromatic nitrogens is 2. The molecule has 2 aromatic rings. The minimum Gasteiger partial charge on any atom is -0.329 e. The predicted molar refractivity (Wildman–Crippen MR) is 69.3 cm³/mol. The molecule has 0 radical (unpaired) electrons. The van der Waals surface area contributed by atoms with Gasteiger partial charge < -0.3 is 9.55 Å². The summed E-state index contributed by atoms with van der Waals surface area (Å²) in [5.41, 5.74) is 2.58. The minimum atomic E-state index is 0.421. The number of benzene rings is 1. The molecule has 1 aliphatic rings. The zero-order chi connectivity index (χ0) is 12.0. The zero-order valence-corrected chi connectivity index (χ0v) is 10.4. The van der Waals surface area contributed by atoms with Crippen LogP contribution >= 0.6 is 12.2 Å². The predicted octanol–water partition coefficient (Wildman–Crippen LogP) is 3.54. The first-order valence-corrected chi connectivity index (χ1v) is 6.26. The lowest BCUT2D eigenvalue weighted by atomic mass is 10.1. The molecule has 1 saturated carbocycles. The topological polar surface area (TPSA) is 44.5 Å². The average molecular weight is 243 g/mol. The number of nitrogens with zero attached hydrogens (tertiary/aromatic N) is 2. The summed E-state index contributed by atoms with van der Waals surface area (Å²) in [6, 6.07) is 8.39. The van der Waals surface area contributed by atoms with Crippen LogP contribution in [0.15, 0.2) is 18.2 Å². The quantitative estimate of drug-likeness (QED) is 0.820. The van der Waals surface area contributed by atoms with E-state index in [-0.39, 0.29) is 0 Å². The number of imidazole rings is 1. The standard InChI is InChI=1S/C13H13N3S/c1-8(9-5-6-9)16-11-4-2-3-10(7-14)12(11)15-13(16)17/h2-4,8-9H,5-6H2,1H3,(H,15,17). The van der Waals surface area contributed by atoms with E-state index in [1.54, 1.807) is 0 Å². The highest BCUT2D eigenvalue weighted by Crippen LogP contribution is 2.40. The summed E-state index contributed by atoms with van der Waals surface area (Å²) in [6.45, 7) is 2.21. The Morgan fingerprint density at radius 2 is 2.29 bits per heavy atom. The number of rotatable bonds is 2. The van der Waals surface area contributed by atoms with Crippen LogP contribution < -0.4 is 0 Å². The largest absolute Gasteiger partial charge is 0.329 e. The van der Waals surface area contributed by atoms with Crippen LogP contribution in [0, 0.1) is 22.0 Å². The molecular weight excluding hydrogens is 230 g/mol. The van der Waals surface area contributed by atoms with E-state index in [1.807, 2.05) is 18.2 Å². The number of fused-ring (bicyclic) bond motifs is 1. The van der Waals surface area contributed by atoms with Crippen molar-refractivity contribution in [1.82, 2.24) is 9.55 Å². The van der Waals surface area contributed by atoms with E-state index in [1.165, 1.54) is 12.8 Å². The molecule has 17 heavy (non-hydrogen) atoms. The number of nitrogens with one attached hydrogen (secondary N) is 1. The number of aromatic amines is 1. The average Bonchev–Trinajstić information content (AvgIpc) is 3.10. The Kier molecular flexibility index (Phi) is 2.30. The van der Waals surface area contributed by atoms with E-state index < -0.39 is 0 Å². The van der Waals surface area contributed by atoms with Crippen molar-refractivity contribution in [2.45, 2.75) is 25.8 Å². The van der Waals surface area contributed by atoms with Gasteiger partial charge in [0.15, 0.2) is 4.77 Å². The molecule has 1 unspecified atom stereocenters. The Balaban J connectivity index is 2.28. The zero-order valence-electron chi connectivity index (χ0n) is 9.60. The van der Waals surface area contributed by atoms with Gasteiger partial charge >= 0.3 is 0 Å². The molecule has 3 rings (SSSR count). The van der Waals surface area contributed by atoms with Gasteiger partial charge in [-0.05, 0) is 50.0 Å². The molecule has 3 nitrogen and oxygen atoms in total. The van der Waals surface area contributed by atoms with Gasteiger partial charge in [0.25, 0.3) is 0 Å². The molecule has 1 atom stereocenters. The maximum absolute atomic E-state index is 9.08. The summed E-state index contributed by atoms with van der Waals surface area (Å²) in [4.78, 5) is 3.17. The molecule has 0 saturated heterocycles. The highest BCUT2D eigenvalue weighted by Gasteiger charge is 2.30. The monoisotopic (exact) mass is 243 g/mol. The van der Waals surface area contributed by atoms with Gasteiger partial charge in [-0.2, -0.15) is 5.26 Å². The van der Waals surface area contributed by atoms with Crippen molar-refractivity contribution in [3.05, 3.63) is 28.5 Å². The second-order valence-electron chi connectivity index (χ2n) is 4.69. The van der Waals surface area contributed by atoms with Crippen molar-refractivity contribution in [1.29, 1.82) is 5.26 Å². The van der Waals surface area contributed by atoms with Crippen molar-refractivity contribution in [3.63, 3.8) is 0 Å². The molecule has 0 bridgehead atoms. The van der Waals surface area contributed by atoms with Crippen LogP contribution in [0.5, 0.6) is 0 Å². The van der Waals surface area contributed by atoms with Crippen LogP contribution in [0.3, 0.4) is 0 Å². The molecular formula is C13H13N3S. The van der Waals surface area contributed by atoms with E-state index in [9.17, 15) is 0 Å². The van der Waals surface area contributed by atoms with E-state index in [4.69, 9.17) is 17.5 Å². The summed E-state index contributed by atoms with van der Waals surface area (Å²) < 4.78 is 2.88. The Hall–Kier alpha value is -1.60. The fourth-order valence-electron chi connectivity index (χ4n) is 2.44. The lowest BCUT2D eigenvalue weighted by molar-refractivity contribution is 0.493. The molecule has 0 spiro atoms. The van der Waals surface area contributed by atoms with Gasteiger partial charge in [0.1, 0.15) is 6.07 Å². The first-order chi connectivity index (χ1) is 8.22. The lowest BCUT2D eigenvalue weighted by Gasteiger charge is -2.13. The molecule has 0 amide bonds. The van der Waals surface area contributed by atoms with Crippen LogP contribution in [-0.4, -0.2) is 9.55 Å². The van der Waals surface area contributed by atoms with E-state index in [0.29, 0.717) is 11.6 Å². The molecule has 4 heteroatoms. The van der Waals surface area contributed by atoms with Gasteiger partial charge in [0.05, 0.1) is 16.6 Å². The SMILES string of the molecule is CC(C1CC1)n1c(=S)[nH]c2c(C#N)cccc21. The maximum atomic E-state index is 9.08. The third kappa shape index (κ3) is 1.58. The number of hydrogen-bond acceptors (Lipinski definition) is 2. The van der Waals surface area contributed by atoms with Crippen LogP contribution in [0.25, 0.3) is 11.0 Å². The van der Waals surface area contributed by atoms with E-state index in [2.05, 4.69) is 22.5 Å². The van der Waals surface area contributed by atoms with E-state index in [0.717, 1.165) is 21.7 Å². The third-order valence-corrected chi connectivity index (χ3v) is 3.88. The van der Waals surface area contributed by atoms with Crippen molar-refractivity contribution in [3.8, 4) is 6.07 Å². The lowest BCUT2D eigenvalue weighted by Crippen LogP contribution is -2.06. The number of H-pyrrole nitrogens is 1. The number of hydrogen-bond donors (Lipinski definition) is 1. The fourth-order valence-corrected chi connectivity index (χ4v) is 2.80. The molecule has 0 aliphatic heterocycles. The molecule has 86 valence electrons. The molecule has 1 aromatic heterocycles. The van der Waals surface area contributed by atoms with Crippen molar-refractivity contribution < 1.29 is 0 Å². The van der Waals surface area contributed by atoms with Crippen molar-refractivity contribution >= 4 is 23.3 Å². The fraction of sp³-hybridized carbons (Fsp3) is 0.385. The first-order valence-electron chi connectivity index (χ1n) is 5.85. The normalized spacial score (nSPS) is 16.9. The van der Waals surface area contributed by atoms with Gasteiger partial charge in [0.2, 0.25) is 0 Å². The summed E-state index contributed by atoms with van der Waals surface area (Å²) in [6.07, 6.45) is 2.57. The van der Waals surface area contributed by atoms with Gasteiger partial charge in [-0.1, -0.05) is 6.07 Å². The Bertz CT molecular complexity index is 670. The van der Waals surface area contributed by atoms with Crippen LogP contribution in [0.4, 0.5) is 0 Å². The molecule has 1 N–H and O–H groups in total. The summed E-state index contributed by atoms with van der Waals surface area (Å²) in [5.74, 6) is 0.742. The van der Waals surface area contributed by atoms with E-state index >= 15 is 0 Å². The highest BCUT2D eigenvalue weighted by molar-refractivity contribution is 7.71. The van der Waals surface area contributed by atoms with Crippen molar-refractivity contribution in [2.75, 3.05) is 0 Å². The van der Waals surface area contributed by atoms with Gasteiger partial charge in [0, 0.05) is 6.04 Å². The molecule has 1 fully saturated rings. The minimum absolute atomic E-state index is 0.421. The van der Waals surface area contributed by atoms with Gasteiger partial charge in [-0.15, -0.1) is 0 Å². The molecule has 1 aromatic carbocycles.